The Bertz CT molecular complexity index is 582. The number of aryl methyl sites for hydroxylation is 2. The first-order valence-corrected chi connectivity index (χ1v) is 5.39. The summed E-state index contributed by atoms with van der Waals surface area (Å²) < 4.78 is 10.2. The number of carboxylic acid groups (broad SMARTS) is 1. The van der Waals surface area contributed by atoms with Crippen molar-refractivity contribution < 1.29 is 19.2 Å². The zero-order chi connectivity index (χ0) is 13.3. The summed E-state index contributed by atoms with van der Waals surface area (Å²) in [6, 6.07) is 4.91. The maximum Gasteiger partial charge on any atom is 0.339 e. The van der Waals surface area contributed by atoms with Crippen molar-refractivity contribution in [1.29, 1.82) is 0 Å². The van der Waals surface area contributed by atoms with Gasteiger partial charge >= 0.3 is 5.97 Å². The molecular weight excluding hydrogens is 234 g/mol. The standard InChI is InChI=1S/C13H13NO4/c1-7-12(8(2)18-14-7)9-4-5-10(13(15)16)11(6-9)17-3/h4-6H,1-3H3,(H,15,16). The van der Waals surface area contributed by atoms with Gasteiger partial charge < -0.3 is 14.4 Å². The number of methoxy groups -OCH3 is 1. The van der Waals surface area contributed by atoms with Crippen LogP contribution in [0.4, 0.5) is 0 Å². The molecule has 0 fully saturated rings. The first-order chi connectivity index (χ1) is 8.54. The van der Waals surface area contributed by atoms with Crippen LogP contribution in [0.5, 0.6) is 5.75 Å². The van der Waals surface area contributed by atoms with Crippen molar-refractivity contribution in [3.8, 4) is 16.9 Å². The fourth-order valence-electron chi connectivity index (χ4n) is 1.92. The molecule has 1 aromatic heterocycles. The van der Waals surface area contributed by atoms with E-state index in [2.05, 4.69) is 5.16 Å². The van der Waals surface area contributed by atoms with Crippen LogP contribution < -0.4 is 4.74 Å². The number of rotatable bonds is 3. The van der Waals surface area contributed by atoms with Crippen molar-refractivity contribution in [2.75, 3.05) is 7.11 Å². The van der Waals surface area contributed by atoms with Crippen LogP contribution in [0.2, 0.25) is 0 Å². The number of ether oxygens (including phenoxy) is 1. The van der Waals surface area contributed by atoms with E-state index in [4.69, 9.17) is 14.4 Å². The molecule has 0 spiro atoms. The van der Waals surface area contributed by atoms with Crippen LogP contribution in [-0.2, 0) is 0 Å². The smallest absolute Gasteiger partial charge is 0.339 e. The zero-order valence-corrected chi connectivity index (χ0v) is 10.4. The Morgan fingerprint density at radius 3 is 2.61 bits per heavy atom. The van der Waals surface area contributed by atoms with E-state index < -0.39 is 5.97 Å². The number of carbonyl (C=O) groups is 1. The normalized spacial score (nSPS) is 10.4. The molecule has 0 amide bonds. The lowest BCUT2D eigenvalue weighted by Crippen LogP contribution is -2.00. The fourth-order valence-corrected chi connectivity index (χ4v) is 1.92. The summed E-state index contributed by atoms with van der Waals surface area (Å²) in [5.41, 5.74) is 2.59. The van der Waals surface area contributed by atoms with E-state index in [9.17, 15) is 4.79 Å². The lowest BCUT2D eigenvalue weighted by Gasteiger charge is -2.07. The molecule has 0 saturated heterocycles. The molecule has 1 N–H and O–H groups in total. The molecular formula is C13H13NO4. The molecule has 94 valence electrons. The second kappa shape index (κ2) is 4.52. The number of benzene rings is 1. The third-order valence-corrected chi connectivity index (χ3v) is 2.75. The topological polar surface area (TPSA) is 72.6 Å². The molecule has 0 aliphatic heterocycles. The molecule has 0 aliphatic rings. The number of aromatic carboxylic acids is 1. The summed E-state index contributed by atoms with van der Waals surface area (Å²) >= 11 is 0. The van der Waals surface area contributed by atoms with E-state index in [1.165, 1.54) is 13.2 Å². The lowest BCUT2D eigenvalue weighted by atomic mass is 10.0. The zero-order valence-electron chi connectivity index (χ0n) is 10.4. The molecule has 0 radical (unpaired) electrons. The van der Waals surface area contributed by atoms with E-state index in [0.717, 1.165) is 16.8 Å². The Hall–Kier alpha value is -2.30. The SMILES string of the molecule is COc1cc(-c2c(C)noc2C)ccc1C(=O)O. The van der Waals surface area contributed by atoms with Gasteiger partial charge in [-0.2, -0.15) is 0 Å². The van der Waals surface area contributed by atoms with E-state index in [0.29, 0.717) is 11.5 Å². The number of hydrogen-bond donors (Lipinski definition) is 1. The van der Waals surface area contributed by atoms with Crippen molar-refractivity contribution in [2.45, 2.75) is 13.8 Å². The van der Waals surface area contributed by atoms with Crippen LogP contribution in [0.1, 0.15) is 21.8 Å². The predicted octanol–water partition coefficient (Wildman–Crippen LogP) is 2.67. The van der Waals surface area contributed by atoms with Crippen molar-refractivity contribution in [1.82, 2.24) is 5.16 Å². The van der Waals surface area contributed by atoms with Gasteiger partial charge in [0.05, 0.1) is 12.8 Å². The molecule has 0 saturated carbocycles. The Balaban J connectivity index is 2.58. The average Bonchev–Trinajstić information content (AvgIpc) is 2.68. The molecule has 2 rings (SSSR count). The number of aromatic nitrogens is 1. The molecule has 2 aromatic rings. The number of hydrogen-bond acceptors (Lipinski definition) is 4. The van der Waals surface area contributed by atoms with Gasteiger partial charge in [0.25, 0.3) is 0 Å². The minimum atomic E-state index is -1.02. The molecule has 18 heavy (non-hydrogen) atoms. The van der Waals surface area contributed by atoms with Gasteiger partial charge in [0.15, 0.2) is 0 Å². The third kappa shape index (κ3) is 1.95. The molecule has 5 nitrogen and oxygen atoms in total. The summed E-state index contributed by atoms with van der Waals surface area (Å²) in [6.07, 6.45) is 0. The first-order valence-electron chi connectivity index (χ1n) is 5.39. The Morgan fingerprint density at radius 2 is 2.11 bits per heavy atom. The third-order valence-electron chi connectivity index (χ3n) is 2.75. The maximum absolute atomic E-state index is 11.0. The maximum atomic E-state index is 11.0. The summed E-state index contributed by atoms with van der Waals surface area (Å²) in [5.74, 6) is -0.00482. The Morgan fingerprint density at radius 1 is 1.39 bits per heavy atom. The van der Waals surface area contributed by atoms with Gasteiger partial charge in [0.2, 0.25) is 0 Å². The van der Waals surface area contributed by atoms with E-state index >= 15 is 0 Å². The quantitative estimate of drug-likeness (QED) is 0.902. The highest BCUT2D eigenvalue weighted by molar-refractivity contribution is 5.92. The van der Waals surface area contributed by atoms with Crippen LogP contribution >= 0.6 is 0 Å². The van der Waals surface area contributed by atoms with Gasteiger partial charge in [-0.1, -0.05) is 11.2 Å². The highest BCUT2D eigenvalue weighted by Gasteiger charge is 2.16. The van der Waals surface area contributed by atoms with Crippen LogP contribution in [0.25, 0.3) is 11.1 Å². The van der Waals surface area contributed by atoms with Crippen molar-refractivity contribution in [3.63, 3.8) is 0 Å². The second-order valence-electron chi connectivity index (χ2n) is 3.92. The molecule has 1 heterocycles. The van der Waals surface area contributed by atoms with Gasteiger partial charge in [-0.3, -0.25) is 0 Å². The molecule has 0 aliphatic carbocycles. The summed E-state index contributed by atoms with van der Waals surface area (Å²) in [6.45, 7) is 3.65. The Labute approximate surface area is 104 Å². The van der Waals surface area contributed by atoms with Gasteiger partial charge in [-0.05, 0) is 31.5 Å². The molecule has 0 unspecified atom stereocenters. The fraction of sp³-hybridized carbons (Fsp3) is 0.231. The lowest BCUT2D eigenvalue weighted by molar-refractivity contribution is 0.0693. The Kier molecular flexibility index (Phi) is 3.06. The minimum Gasteiger partial charge on any atom is -0.496 e. The molecule has 0 atom stereocenters. The summed E-state index contributed by atoms with van der Waals surface area (Å²) in [5, 5.41) is 12.9. The monoisotopic (exact) mass is 247 g/mol. The van der Waals surface area contributed by atoms with E-state index in [-0.39, 0.29) is 5.56 Å². The van der Waals surface area contributed by atoms with Gasteiger partial charge in [-0.25, -0.2) is 4.79 Å². The van der Waals surface area contributed by atoms with Crippen LogP contribution in [-0.4, -0.2) is 23.3 Å². The van der Waals surface area contributed by atoms with Crippen LogP contribution in [0, 0.1) is 13.8 Å². The van der Waals surface area contributed by atoms with Crippen molar-refractivity contribution in [3.05, 3.63) is 35.2 Å². The first kappa shape index (κ1) is 12.2. The highest BCUT2D eigenvalue weighted by Crippen LogP contribution is 2.31. The van der Waals surface area contributed by atoms with Gasteiger partial charge in [0, 0.05) is 5.56 Å². The minimum absolute atomic E-state index is 0.132. The number of carboxylic acids is 1. The number of nitrogens with zero attached hydrogens (tertiary/aromatic N) is 1. The van der Waals surface area contributed by atoms with Crippen molar-refractivity contribution in [2.24, 2.45) is 0 Å². The molecule has 0 bridgehead atoms. The summed E-state index contributed by atoms with van der Waals surface area (Å²) in [7, 11) is 1.44. The predicted molar refractivity (Wildman–Crippen MR) is 64.9 cm³/mol. The summed E-state index contributed by atoms with van der Waals surface area (Å²) in [4.78, 5) is 11.0. The van der Waals surface area contributed by atoms with Crippen LogP contribution in [0.15, 0.2) is 22.7 Å². The largest absolute Gasteiger partial charge is 0.496 e. The van der Waals surface area contributed by atoms with E-state index in [1.54, 1.807) is 12.1 Å². The molecule has 5 heteroatoms. The van der Waals surface area contributed by atoms with Gasteiger partial charge in [0.1, 0.15) is 17.1 Å². The van der Waals surface area contributed by atoms with E-state index in [1.807, 2.05) is 13.8 Å². The van der Waals surface area contributed by atoms with Crippen molar-refractivity contribution >= 4 is 5.97 Å². The average molecular weight is 247 g/mol. The second-order valence-corrected chi connectivity index (χ2v) is 3.92. The van der Waals surface area contributed by atoms with Gasteiger partial charge in [-0.15, -0.1) is 0 Å². The highest BCUT2D eigenvalue weighted by atomic mass is 16.5. The van der Waals surface area contributed by atoms with Crippen LogP contribution in [0.3, 0.4) is 0 Å². The molecule has 1 aromatic carbocycles.